The summed E-state index contributed by atoms with van der Waals surface area (Å²) >= 11 is 1.87. The van der Waals surface area contributed by atoms with E-state index in [2.05, 4.69) is 34.7 Å². The zero-order valence-corrected chi connectivity index (χ0v) is 9.73. The minimum Gasteiger partial charge on any atom is -0.365 e. The smallest absolute Gasteiger partial charge is 0.0150 e. The molecule has 1 N–H and O–H groups in total. The van der Waals surface area contributed by atoms with Gasteiger partial charge in [-0.25, -0.2) is 0 Å². The van der Waals surface area contributed by atoms with Crippen LogP contribution in [0.2, 0.25) is 0 Å². The molecule has 0 bridgehead atoms. The third-order valence-corrected chi connectivity index (χ3v) is 4.03. The number of rotatable bonds is 2. The average molecular weight is 210 g/mol. The fourth-order valence-corrected chi connectivity index (χ4v) is 2.83. The highest BCUT2D eigenvalue weighted by Gasteiger charge is 2.21. The van der Waals surface area contributed by atoms with Crippen LogP contribution in [0.15, 0.2) is 12.3 Å². The number of hydrogen-bond donors (Lipinski definition) is 1. The van der Waals surface area contributed by atoms with Crippen LogP contribution in [-0.4, -0.2) is 28.6 Å². The van der Waals surface area contributed by atoms with Gasteiger partial charge in [0.15, 0.2) is 0 Å². The van der Waals surface area contributed by atoms with Crippen LogP contribution in [0.3, 0.4) is 0 Å². The molecule has 78 valence electrons. The highest BCUT2D eigenvalue weighted by atomic mass is 32.2. The van der Waals surface area contributed by atoms with Crippen molar-refractivity contribution in [3.8, 4) is 0 Å². The number of aromatic nitrogens is 1. The minimum atomic E-state index is 0.782. The maximum absolute atomic E-state index is 3.27. The molecule has 1 aliphatic rings. The lowest BCUT2D eigenvalue weighted by molar-refractivity contribution is 0.346. The molecule has 0 aliphatic carbocycles. The Balaban J connectivity index is 1.99. The topological polar surface area (TPSA) is 19.0 Å². The van der Waals surface area contributed by atoms with E-state index in [9.17, 15) is 0 Å². The third-order valence-electron chi connectivity index (χ3n) is 3.15. The van der Waals surface area contributed by atoms with Crippen molar-refractivity contribution in [1.29, 1.82) is 0 Å². The van der Waals surface area contributed by atoms with Crippen molar-refractivity contribution in [3.05, 3.63) is 23.5 Å². The van der Waals surface area contributed by atoms with Gasteiger partial charge in [-0.15, -0.1) is 0 Å². The summed E-state index contributed by atoms with van der Waals surface area (Å²) in [7, 11) is 0. The van der Waals surface area contributed by atoms with Gasteiger partial charge in [-0.05, 0) is 43.6 Å². The van der Waals surface area contributed by atoms with E-state index in [4.69, 9.17) is 0 Å². The fraction of sp³-hybridized carbons (Fsp3) is 0.636. The van der Waals surface area contributed by atoms with Crippen molar-refractivity contribution in [2.45, 2.75) is 25.7 Å². The summed E-state index contributed by atoms with van der Waals surface area (Å²) in [5.41, 5.74) is 2.89. The Morgan fingerprint density at radius 2 is 2.14 bits per heavy atom. The number of nitrogens with one attached hydrogen (secondary N) is 1. The first-order valence-corrected chi connectivity index (χ1v) is 6.42. The Morgan fingerprint density at radius 1 is 1.43 bits per heavy atom. The first-order chi connectivity index (χ1) is 6.81. The predicted octanol–water partition coefficient (Wildman–Crippen LogP) is 2.78. The third kappa shape index (κ3) is 1.98. The molecule has 2 nitrogen and oxygen atoms in total. The summed E-state index contributed by atoms with van der Waals surface area (Å²) in [4.78, 5) is 3.27. The molecule has 2 rings (SSSR count). The molecule has 0 aromatic carbocycles. The summed E-state index contributed by atoms with van der Waals surface area (Å²) in [5, 5.41) is 0. The second kappa shape index (κ2) is 4.41. The van der Waals surface area contributed by atoms with Gasteiger partial charge in [0.1, 0.15) is 0 Å². The average Bonchev–Trinajstić information content (AvgIpc) is 2.65. The van der Waals surface area contributed by atoms with Gasteiger partial charge in [0.05, 0.1) is 0 Å². The fourth-order valence-electron chi connectivity index (χ4n) is 2.26. The molecule has 2 heterocycles. The molecule has 1 aromatic heterocycles. The van der Waals surface area contributed by atoms with Gasteiger partial charge >= 0.3 is 0 Å². The summed E-state index contributed by atoms with van der Waals surface area (Å²) in [6, 6.07) is 2.24. The summed E-state index contributed by atoms with van der Waals surface area (Å²) in [5.74, 6) is 0.782. The maximum atomic E-state index is 3.27. The molecule has 0 radical (unpaired) electrons. The molecule has 0 atom stereocenters. The SMILES string of the molecule is CSN1CCC(c2cc[nH]c2C)CC1. The zero-order valence-electron chi connectivity index (χ0n) is 8.92. The minimum absolute atomic E-state index is 0.782. The Hall–Kier alpha value is -0.410. The molecule has 0 unspecified atom stereocenters. The van der Waals surface area contributed by atoms with Crippen molar-refractivity contribution in [2.24, 2.45) is 0 Å². The molecule has 0 spiro atoms. The van der Waals surface area contributed by atoms with Gasteiger partial charge < -0.3 is 4.98 Å². The Morgan fingerprint density at radius 3 is 2.64 bits per heavy atom. The summed E-state index contributed by atoms with van der Waals surface area (Å²) < 4.78 is 2.46. The molecule has 1 saturated heterocycles. The Bertz CT molecular complexity index is 287. The van der Waals surface area contributed by atoms with Crippen LogP contribution in [0, 0.1) is 6.92 Å². The number of aromatic amines is 1. The lowest BCUT2D eigenvalue weighted by Gasteiger charge is -2.30. The Kier molecular flexibility index (Phi) is 3.19. The van der Waals surface area contributed by atoms with Crippen LogP contribution >= 0.6 is 11.9 Å². The van der Waals surface area contributed by atoms with E-state index >= 15 is 0 Å². The largest absolute Gasteiger partial charge is 0.365 e. The summed E-state index contributed by atoms with van der Waals surface area (Å²) in [6.45, 7) is 4.64. The van der Waals surface area contributed by atoms with Gasteiger partial charge in [-0.1, -0.05) is 11.9 Å². The number of piperidine rings is 1. The predicted molar refractivity (Wildman–Crippen MR) is 62.6 cm³/mol. The van der Waals surface area contributed by atoms with Crippen LogP contribution in [-0.2, 0) is 0 Å². The summed E-state index contributed by atoms with van der Waals surface area (Å²) in [6.07, 6.45) is 6.84. The molecule has 1 fully saturated rings. The molecule has 1 aromatic rings. The van der Waals surface area contributed by atoms with E-state index in [0.717, 1.165) is 5.92 Å². The zero-order chi connectivity index (χ0) is 9.97. The van der Waals surface area contributed by atoms with Crippen LogP contribution in [0.5, 0.6) is 0 Å². The van der Waals surface area contributed by atoms with Gasteiger partial charge in [0.25, 0.3) is 0 Å². The molecule has 14 heavy (non-hydrogen) atoms. The van der Waals surface area contributed by atoms with E-state index in [1.54, 1.807) is 0 Å². The van der Waals surface area contributed by atoms with E-state index < -0.39 is 0 Å². The monoisotopic (exact) mass is 210 g/mol. The van der Waals surface area contributed by atoms with Gasteiger partial charge in [-0.2, -0.15) is 0 Å². The second-order valence-corrected chi connectivity index (χ2v) is 4.83. The van der Waals surface area contributed by atoms with Gasteiger partial charge in [0.2, 0.25) is 0 Å². The van der Waals surface area contributed by atoms with E-state index in [1.165, 1.54) is 37.2 Å². The van der Waals surface area contributed by atoms with E-state index in [-0.39, 0.29) is 0 Å². The highest BCUT2D eigenvalue weighted by molar-refractivity contribution is 7.96. The van der Waals surface area contributed by atoms with Crippen molar-refractivity contribution in [1.82, 2.24) is 9.29 Å². The second-order valence-electron chi connectivity index (χ2n) is 3.94. The molecule has 0 saturated carbocycles. The number of nitrogens with zero attached hydrogens (tertiary/aromatic N) is 1. The molecular formula is C11H18N2S. The molecule has 3 heteroatoms. The molecular weight excluding hydrogens is 192 g/mol. The van der Waals surface area contributed by atoms with E-state index in [0.29, 0.717) is 0 Å². The number of aryl methyl sites for hydroxylation is 1. The first-order valence-electron chi connectivity index (χ1n) is 5.24. The maximum Gasteiger partial charge on any atom is 0.0150 e. The number of hydrogen-bond acceptors (Lipinski definition) is 2. The quantitative estimate of drug-likeness (QED) is 0.757. The molecule has 1 aliphatic heterocycles. The van der Waals surface area contributed by atoms with E-state index in [1.807, 2.05) is 11.9 Å². The van der Waals surface area contributed by atoms with Crippen molar-refractivity contribution < 1.29 is 0 Å². The number of H-pyrrole nitrogens is 1. The molecule has 0 amide bonds. The van der Waals surface area contributed by atoms with Gasteiger partial charge in [-0.3, -0.25) is 4.31 Å². The van der Waals surface area contributed by atoms with Crippen molar-refractivity contribution in [2.75, 3.05) is 19.3 Å². The normalized spacial score (nSPS) is 20.1. The van der Waals surface area contributed by atoms with Gasteiger partial charge in [0, 0.05) is 25.0 Å². The van der Waals surface area contributed by atoms with Crippen LogP contribution < -0.4 is 0 Å². The Labute approximate surface area is 90.2 Å². The standard InChI is InChI=1S/C11H18N2S/c1-9-11(3-6-12-9)10-4-7-13(14-2)8-5-10/h3,6,10,12H,4-5,7-8H2,1-2H3. The lowest BCUT2D eigenvalue weighted by Crippen LogP contribution is -2.27. The highest BCUT2D eigenvalue weighted by Crippen LogP contribution is 2.31. The van der Waals surface area contributed by atoms with Crippen molar-refractivity contribution >= 4 is 11.9 Å². The van der Waals surface area contributed by atoms with Crippen LogP contribution in [0.25, 0.3) is 0 Å². The first kappa shape index (κ1) is 10.1. The lowest BCUT2D eigenvalue weighted by atomic mass is 9.90. The van der Waals surface area contributed by atoms with Crippen LogP contribution in [0.1, 0.15) is 30.0 Å². The van der Waals surface area contributed by atoms with Crippen LogP contribution in [0.4, 0.5) is 0 Å². The van der Waals surface area contributed by atoms with Crippen molar-refractivity contribution in [3.63, 3.8) is 0 Å².